The third-order valence-electron chi connectivity index (χ3n) is 2.21. The smallest absolute Gasteiger partial charge is 0.319 e. The van der Waals surface area contributed by atoms with Gasteiger partial charge in [-0.05, 0) is 12.1 Å². The molecule has 0 radical (unpaired) electrons. The summed E-state index contributed by atoms with van der Waals surface area (Å²) in [7, 11) is 0. The van der Waals surface area contributed by atoms with Gasteiger partial charge in [-0.25, -0.2) is 4.79 Å². The molecular formula is C12H14ClF2N3O2S. The topological polar surface area (TPSA) is 70.2 Å². The van der Waals surface area contributed by atoms with Crippen LogP contribution in [0.3, 0.4) is 0 Å². The van der Waals surface area contributed by atoms with Crippen molar-refractivity contribution in [2.24, 2.45) is 0 Å². The first-order valence-electron chi connectivity index (χ1n) is 5.92. The van der Waals surface area contributed by atoms with Crippen LogP contribution in [0.4, 0.5) is 19.3 Å². The number of carbonyl (C=O) groups is 2. The van der Waals surface area contributed by atoms with E-state index < -0.39 is 11.8 Å². The van der Waals surface area contributed by atoms with E-state index in [0.717, 1.165) is 0 Å². The fourth-order valence-electron chi connectivity index (χ4n) is 1.40. The number of benzene rings is 1. The monoisotopic (exact) mass is 337 g/mol. The number of rotatable bonds is 6. The Hall–Kier alpha value is -1.54. The van der Waals surface area contributed by atoms with Gasteiger partial charge in [0.1, 0.15) is 0 Å². The second-order valence-electron chi connectivity index (χ2n) is 3.86. The van der Waals surface area contributed by atoms with Crippen molar-refractivity contribution in [1.29, 1.82) is 0 Å². The van der Waals surface area contributed by atoms with Gasteiger partial charge >= 0.3 is 6.03 Å². The van der Waals surface area contributed by atoms with Gasteiger partial charge < -0.3 is 16.0 Å². The Labute approximate surface area is 129 Å². The zero-order valence-corrected chi connectivity index (χ0v) is 12.7. The van der Waals surface area contributed by atoms with Gasteiger partial charge in [-0.15, -0.1) is 0 Å². The van der Waals surface area contributed by atoms with Crippen LogP contribution in [0, 0.1) is 0 Å². The van der Waals surface area contributed by atoms with Gasteiger partial charge in [-0.1, -0.05) is 29.4 Å². The molecule has 1 aromatic rings. The van der Waals surface area contributed by atoms with Crippen LogP contribution in [0.1, 0.15) is 6.92 Å². The first-order chi connectivity index (χ1) is 9.90. The Balaban J connectivity index is 2.59. The van der Waals surface area contributed by atoms with Crippen LogP contribution in [0.5, 0.6) is 0 Å². The molecule has 21 heavy (non-hydrogen) atoms. The van der Waals surface area contributed by atoms with Gasteiger partial charge in [0, 0.05) is 20.0 Å². The lowest BCUT2D eigenvalue weighted by Gasteiger charge is -2.12. The first-order valence-corrected chi connectivity index (χ1v) is 7.18. The van der Waals surface area contributed by atoms with Crippen molar-refractivity contribution < 1.29 is 18.4 Å². The van der Waals surface area contributed by atoms with Gasteiger partial charge in [-0.3, -0.25) is 4.79 Å². The van der Waals surface area contributed by atoms with Crippen molar-refractivity contribution in [3.8, 4) is 0 Å². The standard InChI is InChI=1S/C12H14ClF2N3O2S/c1-7(19)16-5-6-17-12(20)18-9-4-2-3-8(13)10(9)21-11(14)15/h2-4,11H,5-6H2,1H3,(H,16,19)(H2,17,18,20). The Morgan fingerprint density at radius 3 is 2.57 bits per heavy atom. The summed E-state index contributed by atoms with van der Waals surface area (Å²) < 4.78 is 25.0. The third kappa shape index (κ3) is 6.63. The van der Waals surface area contributed by atoms with Crippen LogP contribution >= 0.6 is 23.4 Å². The van der Waals surface area contributed by atoms with Crippen LogP contribution in [0.25, 0.3) is 0 Å². The normalized spacial score (nSPS) is 10.3. The second-order valence-corrected chi connectivity index (χ2v) is 5.27. The molecule has 3 N–H and O–H groups in total. The van der Waals surface area contributed by atoms with E-state index in [-0.39, 0.29) is 46.4 Å². The summed E-state index contributed by atoms with van der Waals surface area (Å²) in [5.74, 6) is -2.85. The van der Waals surface area contributed by atoms with Gasteiger partial charge in [0.05, 0.1) is 15.6 Å². The van der Waals surface area contributed by atoms with Crippen LogP contribution in [-0.4, -0.2) is 30.8 Å². The van der Waals surface area contributed by atoms with E-state index in [0.29, 0.717) is 0 Å². The summed E-state index contributed by atoms with van der Waals surface area (Å²) in [6.07, 6.45) is 0. The molecule has 0 spiro atoms. The van der Waals surface area contributed by atoms with E-state index in [4.69, 9.17) is 11.6 Å². The number of urea groups is 1. The van der Waals surface area contributed by atoms with Crippen LogP contribution in [0.2, 0.25) is 5.02 Å². The minimum atomic E-state index is -2.65. The lowest BCUT2D eigenvalue weighted by Crippen LogP contribution is -2.36. The molecule has 0 saturated heterocycles. The van der Waals surface area contributed by atoms with Crippen LogP contribution in [-0.2, 0) is 4.79 Å². The molecule has 0 atom stereocenters. The van der Waals surface area contributed by atoms with Crippen LogP contribution in [0.15, 0.2) is 23.1 Å². The van der Waals surface area contributed by atoms with Crippen molar-refractivity contribution in [3.63, 3.8) is 0 Å². The van der Waals surface area contributed by atoms with E-state index in [1.165, 1.54) is 19.1 Å². The molecular weight excluding hydrogens is 324 g/mol. The molecule has 0 aliphatic carbocycles. The quantitative estimate of drug-likeness (QED) is 0.552. The molecule has 0 fully saturated rings. The summed E-state index contributed by atoms with van der Waals surface area (Å²) in [6, 6.07) is 3.92. The molecule has 0 bridgehead atoms. The fraction of sp³-hybridized carbons (Fsp3) is 0.333. The highest BCUT2D eigenvalue weighted by Gasteiger charge is 2.15. The second kappa shape index (κ2) is 8.68. The Bertz CT molecular complexity index is 517. The van der Waals surface area contributed by atoms with E-state index in [2.05, 4.69) is 16.0 Å². The molecule has 1 rings (SSSR count). The number of carbonyl (C=O) groups excluding carboxylic acids is 2. The average molecular weight is 338 g/mol. The maximum Gasteiger partial charge on any atom is 0.319 e. The SMILES string of the molecule is CC(=O)NCCNC(=O)Nc1cccc(Cl)c1SC(F)F. The first kappa shape index (κ1) is 17.5. The van der Waals surface area contributed by atoms with E-state index >= 15 is 0 Å². The number of hydrogen-bond acceptors (Lipinski definition) is 3. The van der Waals surface area contributed by atoms with Crippen molar-refractivity contribution in [3.05, 3.63) is 23.2 Å². The predicted molar refractivity (Wildman–Crippen MR) is 79.0 cm³/mol. The number of alkyl halides is 2. The highest BCUT2D eigenvalue weighted by atomic mass is 35.5. The lowest BCUT2D eigenvalue weighted by molar-refractivity contribution is -0.118. The van der Waals surface area contributed by atoms with E-state index in [1.54, 1.807) is 6.07 Å². The molecule has 0 aromatic heterocycles. The highest BCUT2D eigenvalue weighted by Crippen LogP contribution is 2.37. The summed E-state index contributed by atoms with van der Waals surface area (Å²) >= 11 is 6.11. The average Bonchev–Trinajstić information content (AvgIpc) is 2.38. The van der Waals surface area contributed by atoms with Gasteiger partial charge in [-0.2, -0.15) is 8.78 Å². The number of halogens is 3. The zero-order chi connectivity index (χ0) is 15.8. The fourth-order valence-corrected chi connectivity index (χ4v) is 2.31. The van der Waals surface area contributed by atoms with Crippen molar-refractivity contribution in [2.45, 2.75) is 17.6 Å². The summed E-state index contributed by atoms with van der Waals surface area (Å²) in [4.78, 5) is 22.4. The van der Waals surface area contributed by atoms with Gasteiger partial charge in [0.25, 0.3) is 5.76 Å². The number of anilines is 1. The van der Waals surface area contributed by atoms with Gasteiger partial charge in [0.2, 0.25) is 5.91 Å². The summed E-state index contributed by atoms with van der Waals surface area (Å²) in [5, 5.41) is 7.57. The molecule has 0 unspecified atom stereocenters. The Morgan fingerprint density at radius 1 is 1.29 bits per heavy atom. The van der Waals surface area contributed by atoms with E-state index in [1.807, 2.05) is 0 Å². The minimum absolute atomic E-state index is 0.103. The molecule has 0 aliphatic heterocycles. The molecule has 0 saturated carbocycles. The molecule has 0 aliphatic rings. The summed E-state index contributed by atoms with van der Waals surface area (Å²) in [6.45, 7) is 1.85. The van der Waals surface area contributed by atoms with Gasteiger partial charge in [0.15, 0.2) is 0 Å². The minimum Gasteiger partial charge on any atom is -0.355 e. The van der Waals surface area contributed by atoms with Crippen molar-refractivity contribution >= 4 is 41.0 Å². The van der Waals surface area contributed by atoms with Crippen molar-refractivity contribution in [1.82, 2.24) is 10.6 Å². The molecule has 9 heteroatoms. The molecule has 3 amide bonds. The Kier molecular flexibility index (Phi) is 7.24. The largest absolute Gasteiger partial charge is 0.355 e. The maximum absolute atomic E-state index is 12.5. The molecule has 5 nitrogen and oxygen atoms in total. The molecule has 0 heterocycles. The third-order valence-corrected chi connectivity index (χ3v) is 3.49. The molecule has 1 aromatic carbocycles. The number of amides is 3. The van der Waals surface area contributed by atoms with Crippen molar-refractivity contribution in [2.75, 3.05) is 18.4 Å². The predicted octanol–water partition coefficient (Wildman–Crippen LogP) is 2.91. The molecule has 116 valence electrons. The number of nitrogens with one attached hydrogen (secondary N) is 3. The lowest BCUT2D eigenvalue weighted by atomic mass is 10.3. The summed E-state index contributed by atoms with van der Waals surface area (Å²) in [5.41, 5.74) is 0.199. The highest BCUT2D eigenvalue weighted by molar-refractivity contribution is 7.99. The Morgan fingerprint density at radius 2 is 1.95 bits per heavy atom. The number of hydrogen-bond donors (Lipinski definition) is 3. The zero-order valence-electron chi connectivity index (χ0n) is 11.1. The maximum atomic E-state index is 12.5. The van der Waals surface area contributed by atoms with E-state index in [9.17, 15) is 18.4 Å². The number of thioether (sulfide) groups is 1. The van der Waals surface area contributed by atoms with Crippen LogP contribution < -0.4 is 16.0 Å².